The van der Waals surface area contributed by atoms with E-state index >= 15 is 0 Å². The third-order valence-corrected chi connectivity index (χ3v) is 3.32. The molecule has 70 valence electrons. The monoisotopic (exact) mass is 189 g/mol. The van der Waals surface area contributed by atoms with Gasteiger partial charge in [-0.25, -0.2) is 0 Å². The first-order chi connectivity index (χ1) is 5.72. The van der Waals surface area contributed by atoms with Gasteiger partial charge >= 0.3 is 0 Å². The average Bonchev–Trinajstić information content (AvgIpc) is 2.09. The predicted molar refractivity (Wildman–Crippen MR) is 49.5 cm³/mol. The molecule has 1 atom stereocenters. The van der Waals surface area contributed by atoms with Gasteiger partial charge in [0.05, 0.1) is 0 Å². The highest BCUT2D eigenvalue weighted by molar-refractivity contribution is 7.85. The van der Waals surface area contributed by atoms with Gasteiger partial charge in [-0.1, -0.05) is 6.92 Å². The standard InChI is InChI=1S/C8H15NO2S/c1-8(7-10)6-9-2-4-12(11)5-3-9/h7-8H,2-6H2,1H3. The fourth-order valence-electron chi connectivity index (χ4n) is 1.31. The van der Waals surface area contributed by atoms with Crippen molar-refractivity contribution in [1.82, 2.24) is 4.90 Å². The van der Waals surface area contributed by atoms with E-state index in [2.05, 4.69) is 4.90 Å². The van der Waals surface area contributed by atoms with E-state index in [1.807, 2.05) is 6.92 Å². The number of hydrogen-bond acceptors (Lipinski definition) is 3. The van der Waals surface area contributed by atoms with Crippen LogP contribution >= 0.6 is 0 Å². The normalized spacial score (nSPS) is 23.8. The van der Waals surface area contributed by atoms with Crippen molar-refractivity contribution in [2.24, 2.45) is 5.92 Å². The molecule has 1 fully saturated rings. The summed E-state index contributed by atoms with van der Waals surface area (Å²) in [7, 11) is -0.608. The molecular weight excluding hydrogens is 174 g/mol. The summed E-state index contributed by atoms with van der Waals surface area (Å²) in [6.07, 6.45) is 0.978. The van der Waals surface area contributed by atoms with E-state index in [-0.39, 0.29) is 5.92 Å². The molecule has 1 heterocycles. The van der Waals surface area contributed by atoms with Gasteiger partial charge in [-0.15, -0.1) is 0 Å². The molecule has 1 rings (SSSR count). The van der Waals surface area contributed by atoms with Crippen molar-refractivity contribution in [2.45, 2.75) is 6.92 Å². The predicted octanol–water partition coefficient (Wildman–Crippen LogP) is -0.114. The Hall–Kier alpha value is -0.220. The summed E-state index contributed by atoms with van der Waals surface area (Å²) in [5.74, 6) is 1.65. The lowest BCUT2D eigenvalue weighted by atomic mass is 10.2. The molecular formula is C8H15NO2S. The number of aldehydes is 1. The summed E-state index contributed by atoms with van der Waals surface area (Å²) in [5.41, 5.74) is 0. The molecule has 1 saturated heterocycles. The Morgan fingerprint density at radius 1 is 1.50 bits per heavy atom. The van der Waals surface area contributed by atoms with E-state index < -0.39 is 10.8 Å². The molecule has 0 saturated carbocycles. The minimum Gasteiger partial charge on any atom is -0.303 e. The number of hydrogen-bond donors (Lipinski definition) is 0. The van der Waals surface area contributed by atoms with E-state index in [4.69, 9.17) is 0 Å². The van der Waals surface area contributed by atoms with Crippen molar-refractivity contribution in [1.29, 1.82) is 0 Å². The molecule has 0 spiro atoms. The lowest BCUT2D eigenvalue weighted by molar-refractivity contribution is -0.111. The number of rotatable bonds is 3. The van der Waals surface area contributed by atoms with Crippen molar-refractivity contribution < 1.29 is 9.00 Å². The molecule has 3 nitrogen and oxygen atoms in total. The summed E-state index contributed by atoms with van der Waals surface area (Å²) in [5, 5.41) is 0. The first-order valence-corrected chi connectivity index (χ1v) is 5.74. The van der Waals surface area contributed by atoms with Crippen LogP contribution in [-0.4, -0.2) is 46.5 Å². The summed E-state index contributed by atoms with van der Waals surface area (Å²) >= 11 is 0. The van der Waals surface area contributed by atoms with Crippen molar-refractivity contribution in [3.05, 3.63) is 0 Å². The first-order valence-electron chi connectivity index (χ1n) is 4.25. The molecule has 0 N–H and O–H groups in total. The topological polar surface area (TPSA) is 37.4 Å². The summed E-state index contributed by atoms with van der Waals surface area (Å²) in [6, 6.07) is 0. The van der Waals surface area contributed by atoms with Crippen LogP contribution in [-0.2, 0) is 15.6 Å². The van der Waals surface area contributed by atoms with Gasteiger partial charge in [0.15, 0.2) is 0 Å². The molecule has 12 heavy (non-hydrogen) atoms. The Morgan fingerprint density at radius 2 is 2.08 bits per heavy atom. The van der Waals surface area contributed by atoms with Crippen LogP contribution in [0.25, 0.3) is 0 Å². The Bertz CT molecular complexity index is 174. The van der Waals surface area contributed by atoms with E-state index in [1.165, 1.54) is 0 Å². The second-order valence-electron chi connectivity index (χ2n) is 3.26. The maximum Gasteiger partial charge on any atom is 0.124 e. The van der Waals surface area contributed by atoms with Crippen LogP contribution in [0.15, 0.2) is 0 Å². The second kappa shape index (κ2) is 4.72. The van der Waals surface area contributed by atoms with Gasteiger partial charge in [0.2, 0.25) is 0 Å². The Balaban J connectivity index is 2.25. The molecule has 1 aliphatic heterocycles. The maximum atomic E-state index is 11.0. The third-order valence-electron chi connectivity index (χ3n) is 2.05. The molecule has 1 aliphatic rings. The molecule has 0 aromatic heterocycles. The van der Waals surface area contributed by atoms with E-state index in [0.717, 1.165) is 37.4 Å². The van der Waals surface area contributed by atoms with Crippen LogP contribution in [0.4, 0.5) is 0 Å². The molecule has 0 aliphatic carbocycles. The van der Waals surface area contributed by atoms with Crippen molar-refractivity contribution in [3.8, 4) is 0 Å². The smallest absolute Gasteiger partial charge is 0.124 e. The molecule has 0 aromatic carbocycles. The summed E-state index contributed by atoms with van der Waals surface area (Å²) in [4.78, 5) is 12.6. The highest BCUT2D eigenvalue weighted by atomic mass is 32.2. The average molecular weight is 189 g/mol. The van der Waals surface area contributed by atoms with Gasteiger partial charge in [0, 0.05) is 47.9 Å². The van der Waals surface area contributed by atoms with Crippen molar-refractivity contribution >= 4 is 17.1 Å². The van der Waals surface area contributed by atoms with Crippen LogP contribution in [0.1, 0.15) is 6.92 Å². The third kappa shape index (κ3) is 3.03. The van der Waals surface area contributed by atoms with Crippen LogP contribution in [0.2, 0.25) is 0 Å². The largest absolute Gasteiger partial charge is 0.303 e. The minimum atomic E-state index is -0.608. The second-order valence-corrected chi connectivity index (χ2v) is 4.96. The summed E-state index contributed by atoms with van der Waals surface area (Å²) < 4.78 is 11.0. The van der Waals surface area contributed by atoms with E-state index in [9.17, 15) is 9.00 Å². The fourth-order valence-corrected chi connectivity index (χ4v) is 2.44. The van der Waals surface area contributed by atoms with Gasteiger partial charge in [-0.05, 0) is 0 Å². The fraction of sp³-hybridized carbons (Fsp3) is 0.875. The summed E-state index contributed by atoms with van der Waals surface area (Å²) in [6.45, 7) is 4.49. The lowest BCUT2D eigenvalue weighted by Gasteiger charge is -2.26. The lowest BCUT2D eigenvalue weighted by Crippen LogP contribution is -2.40. The molecule has 0 aromatic rings. The first kappa shape index (κ1) is 9.86. The quantitative estimate of drug-likeness (QED) is 0.581. The van der Waals surface area contributed by atoms with Gasteiger partial charge in [0.25, 0.3) is 0 Å². The SMILES string of the molecule is CC(C=O)CN1CCS(=O)CC1. The highest BCUT2D eigenvalue weighted by Crippen LogP contribution is 2.02. The molecule has 4 heteroatoms. The Labute approximate surface area is 75.6 Å². The van der Waals surface area contributed by atoms with Gasteiger partial charge in [-0.2, -0.15) is 0 Å². The van der Waals surface area contributed by atoms with Crippen LogP contribution in [0.5, 0.6) is 0 Å². The van der Waals surface area contributed by atoms with Crippen LogP contribution in [0, 0.1) is 5.92 Å². The van der Waals surface area contributed by atoms with Crippen LogP contribution in [0.3, 0.4) is 0 Å². The van der Waals surface area contributed by atoms with Gasteiger partial charge < -0.3 is 9.69 Å². The number of carbonyl (C=O) groups is 1. The molecule has 0 bridgehead atoms. The zero-order valence-electron chi connectivity index (χ0n) is 7.36. The van der Waals surface area contributed by atoms with E-state index in [0.29, 0.717) is 0 Å². The highest BCUT2D eigenvalue weighted by Gasteiger charge is 2.16. The van der Waals surface area contributed by atoms with Gasteiger partial charge in [0.1, 0.15) is 6.29 Å². The molecule has 0 amide bonds. The zero-order valence-corrected chi connectivity index (χ0v) is 8.18. The zero-order chi connectivity index (χ0) is 8.97. The molecule has 0 radical (unpaired) electrons. The minimum absolute atomic E-state index is 0.108. The van der Waals surface area contributed by atoms with E-state index in [1.54, 1.807) is 0 Å². The van der Waals surface area contributed by atoms with Crippen molar-refractivity contribution in [2.75, 3.05) is 31.1 Å². The molecule has 1 unspecified atom stereocenters. The Kier molecular flexibility index (Phi) is 3.88. The number of nitrogens with zero attached hydrogens (tertiary/aromatic N) is 1. The van der Waals surface area contributed by atoms with Crippen molar-refractivity contribution in [3.63, 3.8) is 0 Å². The maximum absolute atomic E-state index is 11.0. The Morgan fingerprint density at radius 3 is 2.58 bits per heavy atom. The number of carbonyl (C=O) groups excluding carboxylic acids is 1. The van der Waals surface area contributed by atoms with Gasteiger partial charge in [-0.3, -0.25) is 4.21 Å². The van der Waals surface area contributed by atoms with Crippen LogP contribution < -0.4 is 0 Å².